The molecule has 1 heterocycles. The molecule has 0 bridgehead atoms. The molecule has 0 saturated carbocycles. The fourth-order valence-corrected chi connectivity index (χ4v) is 7.39. The highest BCUT2D eigenvalue weighted by Crippen LogP contribution is 2.50. The molecule has 12 nitrogen and oxygen atoms in total. The summed E-state index contributed by atoms with van der Waals surface area (Å²) >= 11 is 3.18. The van der Waals surface area contributed by atoms with E-state index < -0.39 is 34.4 Å². The molecule has 0 spiro atoms. The van der Waals surface area contributed by atoms with Crippen LogP contribution >= 0.6 is 34.9 Å². The molecule has 4 N–H and O–H groups in total. The zero-order valence-corrected chi connectivity index (χ0v) is 28.1. The summed E-state index contributed by atoms with van der Waals surface area (Å²) in [5.74, 6) is -2.58. The lowest BCUT2D eigenvalue weighted by atomic mass is 10.1. The molecule has 3 aromatic carbocycles. The van der Waals surface area contributed by atoms with E-state index in [0.717, 1.165) is 46.0 Å². The number of amides is 1. The van der Waals surface area contributed by atoms with E-state index >= 15 is 0 Å². The number of hydrogen-bond donors (Lipinski definition) is 4. The van der Waals surface area contributed by atoms with Crippen LogP contribution in [-0.4, -0.2) is 62.1 Å². The summed E-state index contributed by atoms with van der Waals surface area (Å²) in [7, 11) is 1.29. The Labute approximate surface area is 277 Å². The van der Waals surface area contributed by atoms with Gasteiger partial charge in [0.05, 0.1) is 17.7 Å². The summed E-state index contributed by atoms with van der Waals surface area (Å²) in [5, 5.41) is 42.5. The van der Waals surface area contributed by atoms with Crippen molar-refractivity contribution in [1.82, 2.24) is 10.2 Å². The van der Waals surface area contributed by atoms with E-state index in [1.54, 1.807) is 19.9 Å². The van der Waals surface area contributed by atoms with Gasteiger partial charge >= 0.3 is 5.97 Å². The zero-order valence-electron chi connectivity index (χ0n) is 25.7. The number of aromatic nitrogens is 2. The third kappa shape index (κ3) is 8.21. The minimum absolute atomic E-state index is 0.0185. The highest BCUT2D eigenvalue weighted by molar-refractivity contribution is 8.04. The smallest absolute Gasteiger partial charge is 0.318 e. The van der Waals surface area contributed by atoms with E-state index in [-0.39, 0.29) is 40.0 Å². The number of ketones is 1. The van der Waals surface area contributed by atoms with Crippen molar-refractivity contribution in [3.8, 4) is 34.5 Å². The van der Waals surface area contributed by atoms with Gasteiger partial charge in [-0.05, 0) is 63.9 Å². The number of hydrogen-bond acceptors (Lipinski definition) is 14. The lowest BCUT2D eigenvalue weighted by Gasteiger charge is -2.17. The number of anilines is 1. The predicted molar refractivity (Wildman–Crippen MR) is 174 cm³/mol. The van der Waals surface area contributed by atoms with Crippen molar-refractivity contribution in [3.63, 3.8) is 0 Å². The van der Waals surface area contributed by atoms with Gasteiger partial charge in [0.25, 0.3) is 5.91 Å². The molecule has 0 radical (unpaired) electrons. The van der Waals surface area contributed by atoms with Crippen molar-refractivity contribution in [3.05, 3.63) is 58.7 Å². The number of aryl methyl sites for hydroxylation is 3. The van der Waals surface area contributed by atoms with Crippen molar-refractivity contribution < 1.29 is 43.9 Å². The monoisotopic (exact) mass is 685 g/mol. The Morgan fingerprint density at radius 3 is 2.33 bits per heavy atom. The number of benzene rings is 3. The fraction of sp³-hybridized carbons (Fsp3) is 0.258. The van der Waals surface area contributed by atoms with Gasteiger partial charge in [0.2, 0.25) is 5.75 Å². The van der Waals surface area contributed by atoms with Crippen molar-refractivity contribution in [2.45, 2.75) is 53.4 Å². The summed E-state index contributed by atoms with van der Waals surface area (Å²) < 4.78 is 17.1. The molecule has 0 aliphatic carbocycles. The summed E-state index contributed by atoms with van der Waals surface area (Å²) in [4.78, 5) is 37.3. The van der Waals surface area contributed by atoms with Crippen LogP contribution in [-0.2, 0) is 14.3 Å². The number of aromatic hydroxyl groups is 3. The molecular formula is C31H31N3O9S3. The molecule has 0 aliphatic heterocycles. The summed E-state index contributed by atoms with van der Waals surface area (Å²) in [5.41, 5.74) is 2.38. The average Bonchev–Trinajstić information content (AvgIpc) is 3.44. The zero-order chi connectivity index (χ0) is 33.7. The quantitative estimate of drug-likeness (QED) is 0.0558. The first-order chi connectivity index (χ1) is 21.8. The lowest BCUT2D eigenvalue weighted by molar-refractivity contribution is -0.139. The number of nitrogens with one attached hydrogen (secondary N) is 1. The van der Waals surface area contributed by atoms with Crippen LogP contribution in [0.5, 0.6) is 34.5 Å². The van der Waals surface area contributed by atoms with Gasteiger partial charge in [0.1, 0.15) is 16.7 Å². The Kier molecular flexibility index (Phi) is 11.0. The number of carbonyl (C=O) groups excluding carboxylic acids is 3. The number of phenols is 3. The number of methoxy groups -OCH3 is 1. The molecule has 15 heteroatoms. The molecule has 1 aromatic heterocycles. The minimum Gasteiger partial charge on any atom is -0.508 e. The Morgan fingerprint density at radius 1 is 0.935 bits per heavy atom. The van der Waals surface area contributed by atoms with Gasteiger partial charge in [0.15, 0.2) is 38.3 Å². The molecule has 1 atom stereocenters. The van der Waals surface area contributed by atoms with E-state index in [9.17, 15) is 29.7 Å². The van der Waals surface area contributed by atoms with E-state index in [4.69, 9.17) is 14.2 Å². The van der Waals surface area contributed by atoms with Gasteiger partial charge in [-0.2, -0.15) is 0 Å². The van der Waals surface area contributed by atoms with Gasteiger partial charge in [0, 0.05) is 11.6 Å². The lowest BCUT2D eigenvalue weighted by Crippen LogP contribution is -2.20. The summed E-state index contributed by atoms with van der Waals surface area (Å²) in [6.07, 6.45) is 0. The molecule has 1 amide bonds. The maximum absolute atomic E-state index is 12.8. The molecular weight excluding hydrogens is 655 g/mol. The maximum Gasteiger partial charge on any atom is 0.318 e. The molecule has 4 rings (SSSR count). The molecule has 242 valence electrons. The highest BCUT2D eigenvalue weighted by atomic mass is 32.2. The molecule has 0 fully saturated rings. The number of carbonyl (C=O) groups is 3. The number of Topliss-reactive ketones (excluding diaryl/α,β-unsaturated/α-hetero) is 1. The topological polar surface area (TPSA) is 177 Å². The molecule has 0 aliphatic rings. The second-order valence-electron chi connectivity index (χ2n) is 10.1. The van der Waals surface area contributed by atoms with Crippen LogP contribution in [0.25, 0.3) is 0 Å². The molecule has 4 aromatic rings. The Bertz CT molecular complexity index is 1810. The number of phenolic OH excluding ortho intramolecular Hbond substituents is 3. The number of ether oxygens (including phenoxy) is 3. The first kappa shape index (κ1) is 34.4. The van der Waals surface area contributed by atoms with Gasteiger partial charge in [-0.25, -0.2) is 0 Å². The number of esters is 1. The SMILES string of the molecule is COC(=O)C(C)Sc1nnc(Sc2c(C(C)=O)cc(Oc3cc(C)c(O)cc3NC(=O)COc3ccc(C)cc3C)c(O)c2O)s1. The molecule has 1 unspecified atom stereocenters. The summed E-state index contributed by atoms with van der Waals surface area (Å²) in [6, 6.07) is 9.52. The third-order valence-corrected chi connectivity index (χ3v) is 9.70. The Hall–Kier alpha value is -4.47. The van der Waals surface area contributed by atoms with E-state index in [1.165, 1.54) is 32.2 Å². The number of thioether (sulfide) groups is 1. The van der Waals surface area contributed by atoms with Crippen molar-refractivity contribution in [2.75, 3.05) is 19.0 Å². The maximum atomic E-state index is 12.8. The van der Waals surface area contributed by atoms with Crippen molar-refractivity contribution in [1.29, 1.82) is 0 Å². The van der Waals surface area contributed by atoms with Crippen LogP contribution in [0.15, 0.2) is 50.0 Å². The average molecular weight is 686 g/mol. The second-order valence-corrected chi connectivity index (χ2v) is 13.9. The van der Waals surface area contributed by atoms with Crippen LogP contribution in [0.3, 0.4) is 0 Å². The number of rotatable bonds is 12. The van der Waals surface area contributed by atoms with Gasteiger partial charge in [-0.3, -0.25) is 14.4 Å². The first-order valence-electron chi connectivity index (χ1n) is 13.6. The standard InChI is InChI=1S/C31H31N3O9S3/c1-14-7-8-22(16(3)9-14)42-13-25(37)32-20-12-21(36)15(2)10-23(20)43-24-11-19(17(4)35)28(27(39)26(24)38)45-31-34-33-30(46-31)44-18(5)29(40)41-6/h7-12,18,36,38-39H,13H2,1-6H3,(H,32,37). The van der Waals surface area contributed by atoms with Crippen LogP contribution in [0.4, 0.5) is 5.69 Å². The Balaban J connectivity index is 1.58. The van der Waals surface area contributed by atoms with E-state index in [2.05, 4.69) is 15.5 Å². The summed E-state index contributed by atoms with van der Waals surface area (Å²) in [6.45, 7) is 8.03. The normalized spacial score (nSPS) is 11.5. The van der Waals surface area contributed by atoms with Gasteiger partial charge < -0.3 is 34.8 Å². The highest BCUT2D eigenvalue weighted by Gasteiger charge is 2.25. The third-order valence-electron chi connectivity index (χ3n) is 6.44. The first-order valence-corrected chi connectivity index (χ1v) is 16.2. The van der Waals surface area contributed by atoms with E-state index in [1.807, 2.05) is 26.0 Å². The van der Waals surface area contributed by atoms with Gasteiger partial charge in [-0.1, -0.05) is 52.6 Å². The predicted octanol–water partition coefficient (Wildman–Crippen LogP) is 6.40. The minimum atomic E-state index is -0.674. The number of nitrogens with zero attached hydrogens (tertiary/aromatic N) is 2. The fourth-order valence-electron chi connectivity index (χ4n) is 4.06. The Morgan fingerprint density at radius 2 is 1.65 bits per heavy atom. The van der Waals surface area contributed by atoms with E-state index in [0.29, 0.717) is 20.0 Å². The van der Waals surface area contributed by atoms with Crippen molar-refractivity contribution >= 4 is 58.2 Å². The largest absolute Gasteiger partial charge is 0.508 e. The molecule has 46 heavy (non-hydrogen) atoms. The van der Waals surface area contributed by atoms with Crippen LogP contribution in [0.1, 0.15) is 40.9 Å². The van der Waals surface area contributed by atoms with Crippen LogP contribution in [0.2, 0.25) is 0 Å². The second kappa shape index (κ2) is 14.7. The molecule has 0 saturated heterocycles. The van der Waals surface area contributed by atoms with Crippen LogP contribution in [0, 0.1) is 20.8 Å². The van der Waals surface area contributed by atoms with Gasteiger partial charge in [-0.15, -0.1) is 10.2 Å². The van der Waals surface area contributed by atoms with Crippen LogP contribution < -0.4 is 14.8 Å². The van der Waals surface area contributed by atoms with Crippen molar-refractivity contribution in [2.24, 2.45) is 0 Å².